The van der Waals surface area contributed by atoms with Crippen LogP contribution in [0.3, 0.4) is 0 Å². The maximum absolute atomic E-state index is 12.5. The molecule has 136 valence electrons. The topological polar surface area (TPSA) is 120 Å². The van der Waals surface area contributed by atoms with Crippen LogP contribution in [0.5, 0.6) is 0 Å². The van der Waals surface area contributed by atoms with Crippen molar-refractivity contribution in [3.05, 3.63) is 41.7 Å². The summed E-state index contributed by atoms with van der Waals surface area (Å²) in [5.74, 6) is -0.0774. The van der Waals surface area contributed by atoms with Gasteiger partial charge in [-0.25, -0.2) is 0 Å². The summed E-state index contributed by atoms with van der Waals surface area (Å²) >= 11 is 0. The summed E-state index contributed by atoms with van der Waals surface area (Å²) in [6.45, 7) is 1.81. The zero-order valence-corrected chi connectivity index (χ0v) is 14.3. The summed E-state index contributed by atoms with van der Waals surface area (Å²) in [7, 11) is 1.78. The molecular formula is C15H19N9O2. The minimum Gasteiger partial charge on any atom is -0.380 e. The van der Waals surface area contributed by atoms with Crippen molar-refractivity contribution in [2.24, 2.45) is 7.05 Å². The first-order valence-corrected chi connectivity index (χ1v) is 8.33. The minimum absolute atomic E-state index is 0.0542. The number of nitrogens with zero attached hydrogens (tertiary/aromatic N) is 9. The van der Waals surface area contributed by atoms with Crippen molar-refractivity contribution >= 4 is 5.91 Å². The fourth-order valence-electron chi connectivity index (χ4n) is 3.12. The highest BCUT2D eigenvalue weighted by molar-refractivity contribution is 5.75. The lowest BCUT2D eigenvalue weighted by molar-refractivity contribution is -0.132. The minimum atomic E-state index is -0.856. The summed E-state index contributed by atoms with van der Waals surface area (Å²) in [6.07, 6.45) is 2.87. The van der Waals surface area contributed by atoms with E-state index in [1.165, 1.54) is 11.1 Å². The van der Waals surface area contributed by atoms with Crippen LogP contribution in [0.25, 0.3) is 0 Å². The highest BCUT2D eigenvalue weighted by atomic mass is 16.3. The Labute approximate surface area is 148 Å². The first kappa shape index (κ1) is 16.4. The molecule has 3 aromatic heterocycles. The zero-order valence-electron chi connectivity index (χ0n) is 14.3. The van der Waals surface area contributed by atoms with E-state index in [0.29, 0.717) is 31.0 Å². The van der Waals surface area contributed by atoms with Crippen LogP contribution in [0, 0.1) is 0 Å². The Balaban J connectivity index is 1.52. The third-order valence-corrected chi connectivity index (χ3v) is 4.47. The van der Waals surface area contributed by atoms with Gasteiger partial charge in [-0.2, -0.15) is 15.0 Å². The molecule has 11 heteroatoms. The molecule has 0 saturated heterocycles. The molecule has 4 heterocycles. The fraction of sp³-hybridized carbons (Fsp3) is 0.467. The van der Waals surface area contributed by atoms with Gasteiger partial charge in [0.05, 0.1) is 23.6 Å². The molecular weight excluding hydrogens is 338 g/mol. The number of aryl methyl sites for hydroxylation is 2. The van der Waals surface area contributed by atoms with Gasteiger partial charge in [0.1, 0.15) is 12.6 Å². The summed E-state index contributed by atoms with van der Waals surface area (Å²) < 4.78 is 3.48. The average Bonchev–Trinajstić information content (AvgIpc) is 3.34. The van der Waals surface area contributed by atoms with E-state index in [1.54, 1.807) is 28.9 Å². The lowest BCUT2D eigenvalue weighted by Gasteiger charge is -2.19. The first-order chi connectivity index (χ1) is 12.6. The van der Waals surface area contributed by atoms with E-state index in [0.717, 1.165) is 12.1 Å². The van der Waals surface area contributed by atoms with Gasteiger partial charge in [-0.1, -0.05) is 0 Å². The number of carbonyl (C=O) groups excluding carboxylic acids is 1. The van der Waals surface area contributed by atoms with E-state index in [9.17, 15) is 9.90 Å². The Hall–Kier alpha value is -3.08. The summed E-state index contributed by atoms with van der Waals surface area (Å²) in [6, 6.07) is 3.60. The Kier molecular flexibility index (Phi) is 4.21. The van der Waals surface area contributed by atoms with Crippen molar-refractivity contribution in [2.75, 3.05) is 6.54 Å². The van der Waals surface area contributed by atoms with Crippen molar-refractivity contribution in [3.63, 3.8) is 0 Å². The van der Waals surface area contributed by atoms with Gasteiger partial charge >= 0.3 is 0 Å². The molecule has 0 radical (unpaired) electrons. The van der Waals surface area contributed by atoms with Gasteiger partial charge in [-0.3, -0.25) is 14.2 Å². The van der Waals surface area contributed by atoms with Crippen LogP contribution in [0.4, 0.5) is 0 Å². The number of hydrogen-bond donors (Lipinski definition) is 1. The van der Waals surface area contributed by atoms with Crippen LogP contribution in [-0.4, -0.2) is 62.2 Å². The van der Waals surface area contributed by atoms with Gasteiger partial charge in [0.2, 0.25) is 5.91 Å². The highest BCUT2D eigenvalue weighted by Crippen LogP contribution is 2.23. The number of tetrazole rings is 1. The molecule has 1 aliphatic heterocycles. The van der Waals surface area contributed by atoms with E-state index < -0.39 is 6.10 Å². The van der Waals surface area contributed by atoms with Crippen LogP contribution in [-0.2, 0) is 31.5 Å². The third kappa shape index (κ3) is 3.08. The van der Waals surface area contributed by atoms with Crippen molar-refractivity contribution in [3.8, 4) is 0 Å². The summed E-state index contributed by atoms with van der Waals surface area (Å²) in [4.78, 5) is 15.5. The largest absolute Gasteiger partial charge is 0.380 e. The van der Waals surface area contributed by atoms with Crippen LogP contribution < -0.4 is 0 Å². The Morgan fingerprint density at radius 1 is 1.35 bits per heavy atom. The Morgan fingerprint density at radius 3 is 2.96 bits per heavy atom. The monoisotopic (exact) mass is 357 g/mol. The van der Waals surface area contributed by atoms with Gasteiger partial charge < -0.3 is 10.0 Å². The molecule has 0 aliphatic carbocycles. The molecule has 0 fully saturated rings. The lowest BCUT2D eigenvalue weighted by atomic mass is 10.2. The first-order valence-electron chi connectivity index (χ1n) is 8.33. The molecule has 1 unspecified atom stereocenters. The van der Waals surface area contributed by atoms with E-state index in [1.807, 2.05) is 10.7 Å². The quantitative estimate of drug-likeness (QED) is 0.643. The second kappa shape index (κ2) is 6.67. The van der Waals surface area contributed by atoms with Crippen LogP contribution >= 0.6 is 0 Å². The Bertz CT molecular complexity index is 898. The number of fused-ring (bicyclic) bond motifs is 1. The van der Waals surface area contributed by atoms with Gasteiger partial charge in [-0.15, -0.1) is 10.2 Å². The maximum Gasteiger partial charge on any atom is 0.246 e. The van der Waals surface area contributed by atoms with Crippen molar-refractivity contribution in [1.82, 2.24) is 44.7 Å². The zero-order chi connectivity index (χ0) is 18.1. The SMILES string of the molecule is Cn1nccc1C(O)c1cc2n(n1)CCCN(C(=O)Cn1ncnn1)C2. The standard InChI is InChI=1S/C15H19N9O2/c1-21-13(3-4-17-21)15(26)12-7-11-8-22(5-2-6-23(11)19-12)14(25)9-24-18-10-16-20-24/h3-4,7,10,15,26H,2,5-6,8-9H2,1H3. The highest BCUT2D eigenvalue weighted by Gasteiger charge is 2.24. The molecule has 1 atom stereocenters. The molecule has 26 heavy (non-hydrogen) atoms. The van der Waals surface area contributed by atoms with E-state index in [-0.39, 0.29) is 12.5 Å². The van der Waals surface area contributed by atoms with Crippen LogP contribution in [0.2, 0.25) is 0 Å². The lowest BCUT2D eigenvalue weighted by Crippen LogP contribution is -2.34. The van der Waals surface area contributed by atoms with Crippen LogP contribution in [0.1, 0.15) is 29.6 Å². The van der Waals surface area contributed by atoms with Crippen LogP contribution in [0.15, 0.2) is 24.7 Å². The number of aliphatic hydroxyl groups excluding tert-OH is 1. The predicted molar refractivity (Wildman–Crippen MR) is 87.3 cm³/mol. The average molecular weight is 357 g/mol. The molecule has 1 amide bonds. The molecule has 0 spiro atoms. The van der Waals surface area contributed by atoms with Gasteiger partial charge in [-0.05, 0) is 23.8 Å². The number of rotatable bonds is 4. The molecule has 1 aliphatic rings. The third-order valence-electron chi connectivity index (χ3n) is 4.47. The van der Waals surface area contributed by atoms with Crippen molar-refractivity contribution in [1.29, 1.82) is 0 Å². The summed E-state index contributed by atoms with van der Waals surface area (Å²) in [5, 5.41) is 30.4. The molecule has 1 N–H and O–H groups in total. The molecule has 3 aromatic rings. The number of carbonyl (C=O) groups is 1. The number of aromatic nitrogens is 8. The van der Waals surface area contributed by atoms with E-state index in [4.69, 9.17) is 0 Å². The number of hydrogen-bond acceptors (Lipinski definition) is 7. The smallest absolute Gasteiger partial charge is 0.246 e. The van der Waals surface area contributed by atoms with Gasteiger partial charge in [0, 0.05) is 26.3 Å². The molecule has 0 saturated carbocycles. The second-order valence-corrected chi connectivity index (χ2v) is 6.20. The second-order valence-electron chi connectivity index (χ2n) is 6.20. The normalized spacial score (nSPS) is 15.5. The number of amides is 1. The molecule has 0 aromatic carbocycles. The Morgan fingerprint density at radius 2 is 2.23 bits per heavy atom. The molecule has 0 bridgehead atoms. The number of aliphatic hydroxyl groups is 1. The maximum atomic E-state index is 12.5. The van der Waals surface area contributed by atoms with Gasteiger partial charge in [0.15, 0.2) is 6.33 Å². The predicted octanol–water partition coefficient (Wildman–Crippen LogP) is -0.883. The van der Waals surface area contributed by atoms with Gasteiger partial charge in [0.25, 0.3) is 0 Å². The molecule has 4 rings (SSSR count). The van der Waals surface area contributed by atoms with E-state index in [2.05, 4.69) is 25.6 Å². The van der Waals surface area contributed by atoms with Crippen molar-refractivity contribution in [2.45, 2.75) is 32.2 Å². The summed E-state index contributed by atoms with van der Waals surface area (Å²) in [5.41, 5.74) is 2.11. The fourth-order valence-corrected chi connectivity index (χ4v) is 3.12. The molecule has 11 nitrogen and oxygen atoms in total. The van der Waals surface area contributed by atoms with E-state index >= 15 is 0 Å². The van der Waals surface area contributed by atoms with Crippen molar-refractivity contribution < 1.29 is 9.90 Å².